The van der Waals surface area contributed by atoms with Gasteiger partial charge in [0.1, 0.15) is 21.5 Å². The smallest absolute Gasteiger partial charge is 0.249 e. The topological polar surface area (TPSA) is 98.4 Å². The lowest BCUT2D eigenvalue weighted by molar-refractivity contribution is -0.128. The van der Waals surface area contributed by atoms with Gasteiger partial charge in [-0.1, -0.05) is 38.2 Å². The van der Waals surface area contributed by atoms with Crippen LogP contribution in [0.25, 0.3) is 10.6 Å². The molecule has 166 valence electrons. The first-order valence-electron chi connectivity index (χ1n) is 10.6. The Kier molecular flexibility index (Phi) is 6.23. The van der Waals surface area contributed by atoms with E-state index in [0.29, 0.717) is 48.1 Å². The first-order chi connectivity index (χ1) is 15.3. The number of aromatic nitrogens is 2. The third-order valence-electron chi connectivity index (χ3n) is 5.42. The largest absolute Gasteiger partial charge is 0.457 e. The van der Waals surface area contributed by atoms with Crippen molar-refractivity contribution in [3.63, 3.8) is 0 Å². The van der Waals surface area contributed by atoms with Crippen LogP contribution in [0.5, 0.6) is 11.5 Å². The Hall–Kier alpha value is -3.26. The second-order valence-electron chi connectivity index (χ2n) is 8.46. The molecule has 0 aliphatic carbocycles. The molecule has 0 spiro atoms. The van der Waals surface area contributed by atoms with E-state index in [4.69, 9.17) is 10.5 Å². The molecule has 2 N–H and O–H groups in total. The maximum atomic E-state index is 12.3. The summed E-state index contributed by atoms with van der Waals surface area (Å²) in [5.74, 6) is 1.29. The van der Waals surface area contributed by atoms with Gasteiger partial charge in [-0.15, -0.1) is 10.2 Å². The van der Waals surface area contributed by atoms with Crippen LogP contribution in [0.4, 0.5) is 0 Å². The Morgan fingerprint density at radius 1 is 1.22 bits per heavy atom. The van der Waals surface area contributed by atoms with Gasteiger partial charge in [0.05, 0.1) is 6.54 Å². The highest BCUT2D eigenvalue weighted by atomic mass is 32.1. The van der Waals surface area contributed by atoms with E-state index in [9.17, 15) is 9.59 Å². The van der Waals surface area contributed by atoms with E-state index < -0.39 is 5.91 Å². The summed E-state index contributed by atoms with van der Waals surface area (Å²) < 4.78 is 6.13. The van der Waals surface area contributed by atoms with Gasteiger partial charge in [-0.05, 0) is 42.3 Å². The van der Waals surface area contributed by atoms with Crippen LogP contribution in [0.2, 0.25) is 0 Å². The fourth-order valence-electron chi connectivity index (χ4n) is 3.75. The van der Waals surface area contributed by atoms with E-state index in [0.717, 1.165) is 15.6 Å². The van der Waals surface area contributed by atoms with Crippen molar-refractivity contribution < 1.29 is 14.3 Å². The standard InChI is InChI=1S/C24H26N4O3S/c1-14(2)23-26-27-24(32-23)16-7-9-17(10-8-16)31-20-6-4-5-18(22(25)30)19(20)13-28-12-15(3)11-21(28)29/h4-10,14-15H,11-13H2,1-3H3,(H2,25,30). The van der Waals surface area contributed by atoms with E-state index >= 15 is 0 Å². The maximum Gasteiger partial charge on any atom is 0.249 e. The first-order valence-corrected chi connectivity index (χ1v) is 11.4. The van der Waals surface area contributed by atoms with Crippen LogP contribution in [0.3, 0.4) is 0 Å². The van der Waals surface area contributed by atoms with Crippen molar-refractivity contribution in [1.29, 1.82) is 0 Å². The third-order valence-corrected chi connectivity index (χ3v) is 6.69. The molecule has 0 bridgehead atoms. The summed E-state index contributed by atoms with van der Waals surface area (Å²) in [4.78, 5) is 26.1. The number of ether oxygens (including phenoxy) is 1. The number of carbonyl (C=O) groups is 2. The molecular weight excluding hydrogens is 424 g/mol. The van der Waals surface area contributed by atoms with Gasteiger partial charge in [0.15, 0.2) is 0 Å². The summed E-state index contributed by atoms with van der Waals surface area (Å²) in [5.41, 5.74) is 7.56. The number of hydrogen-bond acceptors (Lipinski definition) is 6. The molecule has 4 rings (SSSR count). The lowest BCUT2D eigenvalue weighted by Gasteiger charge is -2.20. The lowest BCUT2D eigenvalue weighted by Crippen LogP contribution is -2.26. The number of nitrogens with two attached hydrogens (primary N) is 1. The van der Waals surface area contributed by atoms with Crippen LogP contribution in [0, 0.1) is 5.92 Å². The number of amides is 2. The van der Waals surface area contributed by atoms with Crippen LogP contribution in [-0.2, 0) is 11.3 Å². The minimum atomic E-state index is -0.544. The van der Waals surface area contributed by atoms with E-state index in [1.165, 1.54) is 0 Å². The van der Waals surface area contributed by atoms with Gasteiger partial charge in [0, 0.05) is 35.6 Å². The van der Waals surface area contributed by atoms with Crippen molar-refractivity contribution >= 4 is 23.2 Å². The van der Waals surface area contributed by atoms with Crippen LogP contribution < -0.4 is 10.5 Å². The van der Waals surface area contributed by atoms with Crippen molar-refractivity contribution in [3.8, 4) is 22.1 Å². The summed E-state index contributed by atoms with van der Waals surface area (Å²) in [6.07, 6.45) is 0.514. The molecule has 2 heterocycles. The average Bonchev–Trinajstić information content (AvgIpc) is 3.36. The molecule has 0 radical (unpaired) electrons. The van der Waals surface area contributed by atoms with Gasteiger partial charge < -0.3 is 15.4 Å². The van der Waals surface area contributed by atoms with Crippen molar-refractivity contribution in [2.45, 2.75) is 39.7 Å². The second kappa shape index (κ2) is 9.08. The number of nitrogens with zero attached hydrogens (tertiary/aromatic N) is 3. The zero-order valence-electron chi connectivity index (χ0n) is 18.4. The molecule has 1 atom stereocenters. The Balaban J connectivity index is 1.59. The Labute approximate surface area is 191 Å². The molecule has 2 amide bonds. The predicted octanol–water partition coefficient (Wildman–Crippen LogP) is 4.59. The quantitative estimate of drug-likeness (QED) is 0.568. The fraction of sp³-hybridized carbons (Fsp3) is 0.333. The number of carbonyl (C=O) groups excluding carboxylic acids is 2. The van der Waals surface area contributed by atoms with E-state index in [1.807, 2.05) is 31.2 Å². The molecule has 1 aliphatic rings. The van der Waals surface area contributed by atoms with Gasteiger partial charge >= 0.3 is 0 Å². The van der Waals surface area contributed by atoms with Crippen molar-refractivity contribution in [1.82, 2.24) is 15.1 Å². The van der Waals surface area contributed by atoms with Gasteiger partial charge in [-0.2, -0.15) is 0 Å². The molecule has 3 aromatic rings. The summed E-state index contributed by atoms with van der Waals surface area (Å²) in [7, 11) is 0. The molecule has 1 unspecified atom stereocenters. The molecular formula is C24H26N4O3S. The molecule has 8 heteroatoms. The Morgan fingerprint density at radius 2 is 1.97 bits per heavy atom. The molecule has 1 aromatic heterocycles. The van der Waals surface area contributed by atoms with E-state index in [1.54, 1.807) is 34.4 Å². The summed E-state index contributed by atoms with van der Waals surface area (Å²) in [6, 6.07) is 12.8. The van der Waals surface area contributed by atoms with Gasteiger partial charge in [0.2, 0.25) is 11.8 Å². The fourth-order valence-corrected chi connectivity index (χ4v) is 4.60. The summed E-state index contributed by atoms with van der Waals surface area (Å²) >= 11 is 1.58. The second-order valence-corrected chi connectivity index (χ2v) is 9.47. The Morgan fingerprint density at radius 3 is 2.56 bits per heavy atom. The van der Waals surface area contributed by atoms with Gasteiger partial charge in [-0.3, -0.25) is 9.59 Å². The van der Waals surface area contributed by atoms with Crippen molar-refractivity contribution in [2.75, 3.05) is 6.54 Å². The number of likely N-dealkylation sites (tertiary alicyclic amines) is 1. The molecule has 0 saturated carbocycles. The summed E-state index contributed by atoms with van der Waals surface area (Å²) in [6.45, 7) is 7.17. The monoisotopic (exact) mass is 450 g/mol. The van der Waals surface area contributed by atoms with Crippen LogP contribution in [-0.4, -0.2) is 33.5 Å². The molecule has 32 heavy (non-hydrogen) atoms. The van der Waals surface area contributed by atoms with Crippen LogP contribution in [0.15, 0.2) is 42.5 Å². The molecule has 1 fully saturated rings. The number of hydrogen-bond donors (Lipinski definition) is 1. The lowest BCUT2D eigenvalue weighted by atomic mass is 10.0. The summed E-state index contributed by atoms with van der Waals surface area (Å²) in [5, 5.41) is 10.4. The zero-order chi connectivity index (χ0) is 22.8. The number of primary amides is 1. The van der Waals surface area contributed by atoms with Crippen LogP contribution in [0.1, 0.15) is 54.0 Å². The zero-order valence-corrected chi connectivity index (χ0v) is 19.2. The highest BCUT2D eigenvalue weighted by Crippen LogP contribution is 2.33. The van der Waals surface area contributed by atoms with Gasteiger partial charge in [0.25, 0.3) is 0 Å². The highest BCUT2D eigenvalue weighted by Gasteiger charge is 2.28. The van der Waals surface area contributed by atoms with Crippen molar-refractivity contribution in [2.24, 2.45) is 11.7 Å². The maximum absolute atomic E-state index is 12.3. The molecule has 1 aliphatic heterocycles. The molecule has 1 saturated heterocycles. The SMILES string of the molecule is CC1CC(=O)N(Cc2c(Oc3ccc(-c4nnc(C(C)C)s4)cc3)cccc2C(N)=O)C1. The third kappa shape index (κ3) is 4.65. The highest BCUT2D eigenvalue weighted by molar-refractivity contribution is 7.14. The first kappa shape index (κ1) is 22.0. The Bertz CT molecular complexity index is 1140. The molecule has 2 aromatic carbocycles. The van der Waals surface area contributed by atoms with E-state index in [2.05, 4.69) is 24.0 Å². The van der Waals surface area contributed by atoms with Crippen molar-refractivity contribution in [3.05, 3.63) is 58.6 Å². The predicted molar refractivity (Wildman–Crippen MR) is 124 cm³/mol. The van der Waals surface area contributed by atoms with Gasteiger partial charge in [-0.25, -0.2) is 0 Å². The minimum absolute atomic E-state index is 0.0740. The normalized spacial score (nSPS) is 16.1. The van der Waals surface area contributed by atoms with E-state index in [-0.39, 0.29) is 11.8 Å². The minimum Gasteiger partial charge on any atom is -0.457 e. The number of rotatable bonds is 7. The number of benzene rings is 2. The van der Waals surface area contributed by atoms with Crippen LogP contribution >= 0.6 is 11.3 Å². The average molecular weight is 451 g/mol. The molecule has 7 nitrogen and oxygen atoms in total.